The van der Waals surface area contributed by atoms with Gasteiger partial charge >= 0.3 is 0 Å². The van der Waals surface area contributed by atoms with Crippen molar-refractivity contribution in [2.45, 2.75) is 6.92 Å². The van der Waals surface area contributed by atoms with Crippen LogP contribution in [0.15, 0.2) is 36.5 Å². The number of imidazole rings is 1. The third-order valence-corrected chi connectivity index (χ3v) is 4.55. The predicted octanol–water partition coefficient (Wildman–Crippen LogP) is 4.94. The highest BCUT2D eigenvalue weighted by atomic mass is 32.1. The molecule has 0 unspecified atom stereocenters. The van der Waals surface area contributed by atoms with E-state index in [2.05, 4.69) is 11.1 Å². The monoisotopic (exact) mass is 318 g/mol. The molecule has 0 aliphatic rings. The van der Waals surface area contributed by atoms with Crippen LogP contribution in [-0.4, -0.2) is 9.38 Å². The maximum atomic E-state index is 13.4. The maximum absolute atomic E-state index is 13.4. The average Bonchev–Trinajstić information content (AvgIpc) is 3.01. The molecule has 4 aromatic rings. The lowest BCUT2D eigenvalue weighted by Gasteiger charge is -1.99. The lowest BCUT2D eigenvalue weighted by atomic mass is 10.1. The van der Waals surface area contributed by atoms with E-state index in [4.69, 9.17) is 0 Å². The van der Waals surface area contributed by atoms with Crippen LogP contribution in [0.3, 0.4) is 0 Å². The van der Waals surface area contributed by atoms with Gasteiger partial charge in [-0.15, -0.1) is 0 Å². The minimum atomic E-state index is -1.47. The van der Waals surface area contributed by atoms with Crippen molar-refractivity contribution in [1.29, 1.82) is 0 Å². The molecule has 22 heavy (non-hydrogen) atoms. The van der Waals surface area contributed by atoms with E-state index in [1.165, 1.54) is 11.3 Å². The lowest BCUT2D eigenvalue weighted by molar-refractivity contribution is 0.447. The van der Waals surface area contributed by atoms with E-state index in [-0.39, 0.29) is 5.56 Å². The van der Waals surface area contributed by atoms with E-state index in [0.717, 1.165) is 32.9 Å². The normalized spacial score (nSPS) is 11.6. The first kappa shape index (κ1) is 13.3. The molecule has 0 aliphatic carbocycles. The second-order valence-electron chi connectivity index (χ2n) is 5.11. The Balaban J connectivity index is 1.93. The Morgan fingerprint density at radius 1 is 1.05 bits per heavy atom. The smallest absolute Gasteiger partial charge is 0.195 e. The van der Waals surface area contributed by atoms with Crippen LogP contribution in [-0.2, 0) is 0 Å². The van der Waals surface area contributed by atoms with Gasteiger partial charge in [-0.1, -0.05) is 17.4 Å². The van der Waals surface area contributed by atoms with Crippen molar-refractivity contribution in [1.82, 2.24) is 9.38 Å². The van der Waals surface area contributed by atoms with Gasteiger partial charge in [0.05, 0.1) is 15.9 Å². The molecule has 0 bridgehead atoms. The summed E-state index contributed by atoms with van der Waals surface area (Å²) in [6.45, 7) is 2.01. The Morgan fingerprint density at radius 2 is 1.77 bits per heavy atom. The number of halogens is 3. The Hall–Kier alpha value is -2.34. The van der Waals surface area contributed by atoms with Gasteiger partial charge in [0.2, 0.25) is 0 Å². The van der Waals surface area contributed by atoms with Crippen LogP contribution in [0.5, 0.6) is 0 Å². The third-order valence-electron chi connectivity index (χ3n) is 3.53. The summed E-state index contributed by atoms with van der Waals surface area (Å²) in [5, 5.41) is 0. The topological polar surface area (TPSA) is 17.3 Å². The Kier molecular flexibility index (Phi) is 2.77. The highest BCUT2D eigenvalue weighted by Gasteiger charge is 2.15. The Morgan fingerprint density at radius 3 is 2.50 bits per heavy atom. The summed E-state index contributed by atoms with van der Waals surface area (Å²) in [6, 6.07) is 7.94. The van der Waals surface area contributed by atoms with E-state index in [1.54, 1.807) is 6.20 Å². The SMILES string of the molecule is Cc1ccc2c(c1)sc1nc(-c3cc(F)c(F)c(F)c3)cn12. The van der Waals surface area contributed by atoms with Gasteiger partial charge in [0.15, 0.2) is 22.4 Å². The summed E-state index contributed by atoms with van der Waals surface area (Å²) in [7, 11) is 0. The minimum absolute atomic E-state index is 0.215. The molecule has 2 aromatic carbocycles. The minimum Gasteiger partial charge on any atom is -0.290 e. The van der Waals surface area contributed by atoms with Gasteiger partial charge in [0.1, 0.15) is 0 Å². The second kappa shape index (κ2) is 4.58. The molecule has 0 atom stereocenters. The molecule has 0 radical (unpaired) electrons. The molecule has 0 aliphatic heterocycles. The fourth-order valence-electron chi connectivity index (χ4n) is 2.45. The fourth-order valence-corrected chi connectivity index (χ4v) is 3.56. The summed E-state index contributed by atoms with van der Waals surface area (Å²) in [5.41, 5.74) is 2.76. The number of rotatable bonds is 1. The van der Waals surface area contributed by atoms with Gasteiger partial charge in [0, 0.05) is 11.8 Å². The number of benzene rings is 2. The van der Waals surface area contributed by atoms with Crippen molar-refractivity contribution in [2.75, 3.05) is 0 Å². The second-order valence-corrected chi connectivity index (χ2v) is 6.11. The molecule has 2 nitrogen and oxygen atoms in total. The lowest BCUT2D eigenvalue weighted by Crippen LogP contribution is -1.91. The number of hydrogen-bond donors (Lipinski definition) is 0. The van der Waals surface area contributed by atoms with Crippen molar-refractivity contribution in [2.24, 2.45) is 0 Å². The molecule has 0 saturated carbocycles. The van der Waals surface area contributed by atoms with Crippen LogP contribution in [0.4, 0.5) is 13.2 Å². The molecule has 2 aromatic heterocycles. The maximum Gasteiger partial charge on any atom is 0.195 e. The zero-order chi connectivity index (χ0) is 15.4. The molecule has 110 valence electrons. The molecular weight excluding hydrogens is 309 g/mol. The number of fused-ring (bicyclic) bond motifs is 3. The van der Waals surface area contributed by atoms with E-state index in [1.807, 2.05) is 23.5 Å². The van der Waals surface area contributed by atoms with Gasteiger partial charge in [-0.2, -0.15) is 0 Å². The van der Waals surface area contributed by atoms with Crippen molar-refractivity contribution < 1.29 is 13.2 Å². The van der Waals surface area contributed by atoms with Crippen LogP contribution in [0.25, 0.3) is 26.4 Å². The fraction of sp³-hybridized carbons (Fsp3) is 0.0625. The molecule has 2 heterocycles. The van der Waals surface area contributed by atoms with Crippen LogP contribution in [0.2, 0.25) is 0 Å². The summed E-state index contributed by atoms with van der Waals surface area (Å²) in [6.07, 6.45) is 1.70. The number of aryl methyl sites for hydroxylation is 1. The molecule has 4 rings (SSSR count). The van der Waals surface area contributed by atoms with E-state index in [9.17, 15) is 13.2 Å². The van der Waals surface area contributed by atoms with Gasteiger partial charge in [-0.3, -0.25) is 4.40 Å². The van der Waals surface area contributed by atoms with Gasteiger partial charge in [0.25, 0.3) is 0 Å². The van der Waals surface area contributed by atoms with Crippen molar-refractivity contribution in [3.05, 3.63) is 59.5 Å². The number of thiazole rings is 1. The predicted molar refractivity (Wildman–Crippen MR) is 80.6 cm³/mol. The number of aromatic nitrogens is 2. The molecule has 0 N–H and O–H groups in total. The zero-order valence-corrected chi connectivity index (χ0v) is 12.2. The molecule has 0 spiro atoms. The first-order valence-corrected chi connectivity index (χ1v) is 7.38. The van der Waals surface area contributed by atoms with Crippen LogP contribution in [0, 0.1) is 24.4 Å². The zero-order valence-electron chi connectivity index (χ0n) is 11.4. The highest BCUT2D eigenvalue weighted by Crippen LogP contribution is 2.30. The average molecular weight is 318 g/mol. The largest absolute Gasteiger partial charge is 0.290 e. The summed E-state index contributed by atoms with van der Waals surface area (Å²) in [4.78, 5) is 5.11. The molecule has 6 heteroatoms. The van der Waals surface area contributed by atoms with E-state index >= 15 is 0 Å². The van der Waals surface area contributed by atoms with E-state index in [0.29, 0.717) is 5.69 Å². The van der Waals surface area contributed by atoms with Gasteiger partial charge < -0.3 is 0 Å². The number of nitrogens with zero attached hydrogens (tertiary/aromatic N) is 2. The van der Waals surface area contributed by atoms with Crippen LogP contribution in [0.1, 0.15) is 5.56 Å². The molecule has 0 saturated heterocycles. The van der Waals surface area contributed by atoms with Crippen LogP contribution < -0.4 is 0 Å². The first-order valence-electron chi connectivity index (χ1n) is 6.56. The Labute approximate surface area is 127 Å². The molecule has 0 fully saturated rings. The Bertz CT molecular complexity index is 1010. The first-order chi connectivity index (χ1) is 10.5. The van der Waals surface area contributed by atoms with Gasteiger partial charge in [-0.25, -0.2) is 18.2 Å². The third kappa shape index (κ3) is 1.91. The van der Waals surface area contributed by atoms with Crippen LogP contribution >= 0.6 is 11.3 Å². The molecule has 0 amide bonds. The summed E-state index contributed by atoms with van der Waals surface area (Å²) < 4.78 is 42.7. The standard InChI is InChI=1S/C16H9F3N2S/c1-8-2-3-13-14(4-8)22-16-20-12(7-21(13)16)9-5-10(17)15(19)11(18)6-9/h2-7H,1H3. The van der Waals surface area contributed by atoms with E-state index < -0.39 is 17.5 Å². The van der Waals surface area contributed by atoms with Gasteiger partial charge in [-0.05, 0) is 36.8 Å². The summed E-state index contributed by atoms with van der Waals surface area (Å²) >= 11 is 1.49. The van der Waals surface area contributed by atoms with Crippen molar-refractivity contribution in [3.8, 4) is 11.3 Å². The quantitative estimate of drug-likeness (QED) is 0.454. The van der Waals surface area contributed by atoms with Crippen molar-refractivity contribution >= 4 is 26.5 Å². The number of hydrogen-bond acceptors (Lipinski definition) is 2. The highest BCUT2D eigenvalue weighted by molar-refractivity contribution is 7.23. The summed E-state index contributed by atoms with van der Waals surface area (Å²) in [5.74, 6) is -3.90. The molecular formula is C16H9F3N2S. The van der Waals surface area contributed by atoms with Crippen molar-refractivity contribution in [3.63, 3.8) is 0 Å².